The topological polar surface area (TPSA) is 51.2 Å². The Hall–Kier alpha value is -3.33. The van der Waals surface area contributed by atoms with E-state index in [1.54, 1.807) is 0 Å². The van der Waals surface area contributed by atoms with Gasteiger partial charge in [0.15, 0.2) is 0 Å². The van der Waals surface area contributed by atoms with Crippen molar-refractivity contribution < 1.29 is 14.4 Å². The fourth-order valence-electron chi connectivity index (χ4n) is 4.65. The minimum absolute atomic E-state index is 0.0817. The van der Waals surface area contributed by atoms with E-state index in [1.807, 2.05) is 79.7 Å². The molecule has 3 heteroatoms. The summed E-state index contributed by atoms with van der Waals surface area (Å²) < 4.78 is 0. The molecular formula is C32H35O3. The van der Waals surface area contributed by atoms with Crippen LogP contribution in [0.15, 0.2) is 84.9 Å². The first-order valence-electron chi connectivity index (χ1n) is 12.5. The molecule has 3 unspecified atom stereocenters. The number of hydrogen-bond acceptors (Lipinski definition) is 3. The predicted octanol–water partition coefficient (Wildman–Crippen LogP) is 7.02. The Morgan fingerprint density at radius 2 is 1.29 bits per heavy atom. The molecule has 0 aliphatic heterocycles. The molecule has 0 saturated heterocycles. The summed E-state index contributed by atoms with van der Waals surface area (Å²) in [6, 6.07) is 27.5. The van der Waals surface area contributed by atoms with Crippen LogP contribution in [-0.4, -0.2) is 17.3 Å². The van der Waals surface area contributed by atoms with Gasteiger partial charge in [-0.1, -0.05) is 98.8 Å². The molecule has 0 aliphatic carbocycles. The molecule has 0 spiro atoms. The Labute approximate surface area is 209 Å². The van der Waals surface area contributed by atoms with Crippen LogP contribution in [0, 0.1) is 6.92 Å². The van der Waals surface area contributed by atoms with Crippen LogP contribution < -0.4 is 0 Å². The number of hydrogen-bond donors (Lipinski definition) is 0. The van der Waals surface area contributed by atoms with Crippen molar-refractivity contribution in [2.45, 2.75) is 63.7 Å². The van der Waals surface area contributed by atoms with Crippen molar-refractivity contribution in [3.05, 3.63) is 114 Å². The van der Waals surface area contributed by atoms with E-state index in [4.69, 9.17) is 0 Å². The van der Waals surface area contributed by atoms with E-state index in [9.17, 15) is 14.4 Å². The molecule has 0 aliphatic rings. The van der Waals surface area contributed by atoms with Gasteiger partial charge in [0.25, 0.3) is 0 Å². The smallest absolute Gasteiger partial charge is 0.147 e. The lowest BCUT2D eigenvalue weighted by atomic mass is 9.83. The SMILES string of the molecule is [CH2]C(=O)C(CC(=O)CCCc1ccc(C(C)C(=O)C(CC)c2ccccc2)cc1)c1ccccc1. The zero-order valence-electron chi connectivity index (χ0n) is 20.8. The van der Waals surface area contributed by atoms with E-state index in [1.165, 1.54) is 0 Å². The summed E-state index contributed by atoms with van der Waals surface area (Å²) >= 11 is 0. The predicted molar refractivity (Wildman–Crippen MR) is 141 cm³/mol. The van der Waals surface area contributed by atoms with Gasteiger partial charge >= 0.3 is 0 Å². The second-order valence-electron chi connectivity index (χ2n) is 9.26. The molecule has 3 aromatic carbocycles. The number of benzene rings is 3. The highest BCUT2D eigenvalue weighted by Crippen LogP contribution is 2.29. The molecule has 3 rings (SSSR count). The molecule has 0 bridgehead atoms. The van der Waals surface area contributed by atoms with Crippen LogP contribution in [-0.2, 0) is 20.8 Å². The van der Waals surface area contributed by atoms with Gasteiger partial charge in [-0.25, -0.2) is 0 Å². The van der Waals surface area contributed by atoms with Gasteiger partial charge in [-0.3, -0.25) is 14.4 Å². The van der Waals surface area contributed by atoms with E-state index >= 15 is 0 Å². The van der Waals surface area contributed by atoms with Crippen LogP contribution in [0.3, 0.4) is 0 Å². The largest absolute Gasteiger partial charge is 0.300 e. The van der Waals surface area contributed by atoms with E-state index < -0.39 is 5.92 Å². The van der Waals surface area contributed by atoms with Gasteiger partial charge in [-0.15, -0.1) is 0 Å². The summed E-state index contributed by atoms with van der Waals surface area (Å²) in [7, 11) is 0. The zero-order chi connectivity index (χ0) is 25.2. The minimum atomic E-state index is -0.468. The van der Waals surface area contributed by atoms with Crippen LogP contribution >= 0.6 is 0 Å². The molecule has 0 N–H and O–H groups in total. The average Bonchev–Trinajstić information content (AvgIpc) is 2.88. The van der Waals surface area contributed by atoms with E-state index in [0.29, 0.717) is 6.42 Å². The first-order chi connectivity index (χ1) is 16.9. The molecule has 0 amide bonds. The van der Waals surface area contributed by atoms with Crippen LogP contribution in [0.2, 0.25) is 0 Å². The third-order valence-corrected chi connectivity index (χ3v) is 6.80. The molecule has 3 atom stereocenters. The summed E-state index contributed by atoms with van der Waals surface area (Å²) in [5.74, 6) is -0.637. The van der Waals surface area contributed by atoms with Gasteiger partial charge in [0.2, 0.25) is 0 Å². The van der Waals surface area contributed by atoms with Crippen molar-refractivity contribution in [3.8, 4) is 0 Å². The van der Waals surface area contributed by atoms with Gasteiger partial charge in [-0.05, 0) is 41.5 Å². The maximum atomic E-state index is 13.2. The Bertz CT molecular complexity index is 1100. The van der Waals surface area contributed by atoms with E-state index in [0.717, 1.165) is 41.5 Å². The fourth-order valence-corrected chi connectivity index (χ4v) is 4.65. The number of aryl methyl sites for hydroxylation is 1. The summed E-state index contributed by atoms with van der Waals surface area (Å²) in [6.45, 7) is 7.59. The molecule has 0 fully saturated rings. The van der Waals surface area contributed by atoms with Gasteiger partial charge < -0.3 is 0 Å². The van der Waals surface area contributed by atoms with Crippen molar-refractivity contribution in [2.75, 3.05) is 0 Å². The first kappa shape index (κ1) is 26.3. The summed E-state index contributed by atoms with van der Waals surface area (Å²) in [6.07, 6.45) is 2.92. The van der Waals surface area contributed by atoms with E-state index in [-0.39, 0.29) is 35.6 Å². The molecule has 3 nitrogen and oxygen atoms in total. The molecule has 0 saturated carbocycles. The third kappa shape index (κ3) is 7.32. The molecule has 181 valence electrons. The van der Waals surface area contributed by atoms with Gasteiger partial charge in [0.1, 0.15) is 17.3 Å². The molecule has 3 aromatic rings. The summed E-state index contributed by atoms with van der Waals surface area (Å²) in [4.78, 5) is 37.7. The van der Waals surface area contributed by atoms with Gasteiger partial charge in [-0.2, -0.15) is 0 Å². The van der Waals surface area contributed by atoms with E-state index in [2.05, 4.69) is 26.0 Å². The summed E-state index contributed by atoms with van der Waals surface area (Å²) in [5, 5.41) is 0. The quantitative estimate of drug-likeness (QED) is 0.271. The minimum Gasteiger partial charge on any atom is -0.300 e. The van der Waals surface area contributed by atoms with Crippen molar-refractivity contribution in [1.82, 2.24) is 0 Å². The van der Waals surface area contributed by atoms with Crippen molar-refractivity contribution in [3.63, 3.8) is 0 Å². The second kappa shape index (κ2) is 12.9. The molecule has 0 aromatic heterocycles. The Kier molecular flexibility index (Phi) is 9.72. The maximum Gasteiger partial charge on any atom is 0.147 e. The molecule has 35 heavy (non-hydrogen) atoms. The van der Waals surface area contributed by atoms with Crippen molar-refractivity contribution >= 4 is 17.3 Å². The normalized spacial score (nSPS) is 13.6. The highest BCUT2D eigenvalue weighted by Gasteiger charge is 2.25. The van der Waals surface area contributed by atoms with Crippen LogP contribution in [0.5, 0.6) is 0 Å². The molecule has 0 heterocycles. The monoisotopic (exact) mass is 467 g/mol. The Morgan fingerprint density at radius 3 is 1.80 bits per heavy atom. The standard InChI is InChI=1S/C32H35O3/c1-4-30(27-13-7-5-8-14-27)32(35)23(2)26-20-18-25(19-21-26)12-11-17-29(34)22-31(24(3)33)28-15-9-6-10-16-28/h5-10,13-16,18-21,23,30-31H,3-4,11-12,17,22H2,1-2H3. The number of Topliss-reactive ketones (excluding diaryl/α,β-unsaturated/α-hetero) is 3. The number of carbonyl (C=O) groups is 3. The lowest BCUT2D eigenvalue weighted by Gasteiger charge is -2.19. The van der Waals surface area contributed by atoms with Crippen LogP contribution in [0.25, 0.3) is 0 Å². The van der Waals surface area contributed by atoms with Crippen molar-refractivity contribution in [2.24, 2.45) is 0 Å². The zero-order valence-corrected chi connectivity index (χ0v) is 20.8. The maximum absolute atomic E-state index is 13.2. The molecular weight excluding hydrogens is 432 g/mol. The fraction of sp³-hybridized carbons (Fsp3) is 0.312. The van der Waals surface area contributed by atoms with Crippen molar-refractivity contribution in [1.29, 1.82) is 0 Å². The Balaban J connectivity index is 1.52. The highest BCUT2D eigenvalue weighted by atomic mass is 16.1. The van der Waals surface area contributed by atoms with Crippen LogP contribution in [0.1, 0.15) is 79.5 Å². The number of ketones is 3. The Morgan fingerprint density at radius 1 is 0.743 bits per heavy atom. The lowest BCUT2D eigenvalue weighted by Crippen LogP contribution is -2.18. The highest BCUT2D eigenvalue weighted by molar-refractivity contribution is 5.94. The molecule has 1 radical (unpaired) electrons. The lowest BCUT2D eigenvalue weighted by molar-refractivity contribution is -0.123. The third-order valence-electron chi connectivity index (χ3n) is 6.80. The van der Waals surface area contributed by atoms with Gasteiger partial charge in [0, 0.05) is 37.5 Å². The summed E-state index contributed by atoms with van der Waals surface area (Å²) in [5.41, 5.74) is 4.08. The van der Waals surface area contributed by atoms with Gasteiger partial charge in [0.05, 0.1) is 0 Å². The van der Waals surface area contributed by atoms with Crippen LogP contribution in [0.4, 0.5) is 0 Å². The average molecular weight is 468 g/mol. The number of rotatable bonds is 13. The first-order valence-corrected chi connectivity index (χ1v) is 12.5. The second-order valence-corrected chi connectivity index (χ2v) is 9.26. The number of carbonyl (C=O) groups excluding carboxylic acids is 3.